The van der Waals surface area contributed by atoms with E-state index in [9.17, 15) is 13.2 Å². The van der Waals surface area contributed by atoms with E-state index in [1.165, 1.54) is 7.05 Å². The highest BCUT2D eigenvalue weighted by molar-refractivity contribution is 7.92. The third-order valence-electron chi connectivity index (χ3n) is 1.89. The van der Waals surface area contributed by atoms with E-state index < -0.39 is 10.0 Å². The summed E-state index contributed by atoms with van der Waals surface area (Å²) in [7, 11) is -1.77. The lowest BCUT2D eigenvalue weighted by molar-refractivity contribution is 0.112. The Morgan fingerprint density at radius 3 is 2.07 bits per heavy atom. The Morgan fingerprint density at radius 1 is 1.21 bits per heavy atom. The second-order valence-corrected chi connectivity index (χ2v) is 4.95. The minimum absolute atomic E-state index is 0.524. The van der Waals surface area contributed by atoms with Crippen LogP contribution < -0.4 is 4.31 Å². The van der Waals surface area contributed by atoms with Gasteiger partial charge in [0.2, 0.25) is 10.0 Å². The number of sulfonamides is 1. The summed E-state index contributed by atoms with van der Waals surface area (Å²) in [6, 6.07) is 6.32. The normalized spacial score (nSPS) is 11.0. The molecule has 0 aliphatic rings. The molecule has 0 aliphatic heterocycles. The van der Waals surface area contributed by atoms with Crippen molar-refractivity contribution in [1.82, 2.24) is 0 Å². The summed E-state index contributed by atoms with van der Waals surface area (Å²) < 4.78 is 23.4. The highest BCUT2D eigenvalue weighted by atomic mass is 32.2. The third-order valence-corrected chi connectivity index (χ3v) is 3.10. The summed E-state index contributed by atoms with van der Waals surface area (Å²) in [6.45, 7) is 0. The number of carbonyl (C=O) groups is 1. The van der Waals surface area contributed by atoms with Crippen molar-refractivity contribution in [2.75, 3.05) is 17.6 Å². The van der Waals surface area contributed by atoms with Gasteiger partial charge in [0.1, 0.15) is 6.29 Å². The molecule has 4 nitrogen and oxygen atoms in total. The molecule has 0 amide bonds. The number of benzene rings is 1. The van der Waals surface area contributed by atoms with Crippen molar-refractivity contribution < 1.29 is 13.2 Å². The number of anilines is 1. The van der Waals surface area contributed by atoms with E-state index in [2.05, 4.69) is 0 Å². The molecule has 0 radical (unpaired) electrons. The lowest BCUT2D eigenvalue weighted by atomic mass is 10.2. The molecule has 5 heteroatoms. The molecule has 1 rings (SSSR count). The number of rotatable bonds is 3. The molecule has 0 heterocycles. The molecule has 76 valence electrons. The van der Waals surface area contributed by atoms with E-state index in [-0.39, 0.29) is 0 Å². The topological polar surface area (TPSA) is 54.5 Å². The lowest BCUT2D eigenvalue weighted by Crippen LogP contribution is -2.24. The van der Waals surface area contributed by atoms with E-state index >= 15 is 0 Å². The second kappa shape index (κ2) is 3.79. The molecule has 0 bridgehead atoms. The van der Waals surface area contributed by atoms with Crippen molar-refractivity contribution >= 4 is 22.0 Å². The predicted octanol–water partition coefficient (Wildman–Crippen LogP) is 0.895. The van der Waals surface area contributed by atoms with Crippen molar-refractivity contribution in [2.45, 2.75) is 0 Å². The van der Waals surface area contributed by atoms with Gasteiger partial charge in [-0.1, -0.05) is 0 Å². The van der Waals surface area contributed by atoms with Crippen LogP contribution in [0.3, 0.4) is 0 Å². The Balaban J connectivity index is 3.04. The summed E-state index contributed by atoms with van der Waals surface area (Å²) >= 11 is 0. The van der Waals surface area contributed by atoms with Gasteiger partial charge in [0.15, 0.2) is 0 Å². The van der Waals surface area contributed by atoms with Gasteiger partial charge in [0, 0.05) is 12.6 Å². The highest BCUT2D eigenvalue weighted by Crippen LogP contribution is 2.15. The number of hydrogen-bond acceptors (Lipinski definition) is 3. The SMILES string of the molecule is CN(c1ccc(C=O)cc1)S(C)(=O)=O. The van der Waals surface area contributed by atoms with Crippen molar-refractivity contribution in [3.05, 3.63) is 29.8 Å². The Hall–Kier alpha value is -1.36. The maximum absolute atomic E-state index is 11.1. The monoisotopic (exact) mass is 213 g/mol. The van der Waals surface area contributed by atoms with Crippen LogP contribution in [0.1, 0.15) is 10.4 Å². The van der Waals surface area contributed by atoms with E-state index in [4.69, 9.17) is 0 Å². The van der Waals surface area contributed by atoms with Gasteiger partial charge < -0.3 is 0 Å². The largest absolute Gasteiger partial charge is 0.298 e. The van der Waals surface area contributed by atoms with Gasteiger partial charge in [-0.05, 0) is 24.3 Å². The van der Waals surface area contributed by atoms with Crippen molar-refractivity contribution in [1.29, 1.82) is 0 Å². The maximum Gasteiger partial charge on any atom is 0.231 e. The fourth-order valence-electron chi connectivity index (χ4n) is 0.954. The van der Waals surface area contributed by atoms with Crippen LogP contribution in [0.25, 0.3) is 0 Å². The van der Waals surface area contributed by atoms with Crippen LogP contribution in [0.2, 0.25) is 0 Å². The fourth-order valence-corrected chi connectivity index (χ4v) is 1.46. The molecule has 0 atom stereocenters. The van der Waals surface area contributed by atoms with Gasteiger partial charge in [0.05, 0.1) is 11.9 Å². The minimum Gasteiger partial charge on any atom is -0.298 e. The first-order valence-electron chi connectivity index (χ1n) is 3.94. The smallest absolute Gasteiger partial charge is 0.231 e. The zero-order valence-electron chi connectivity index (χ0n) is 7.97. The quantitative estimate of drug-likeness (QED) is 0.701. The molecular weight excluding hydrogens is 202 g/mol. The molecule has 0 saturated heterocycles. The Kier molecular flexibility index (Phi) is 2.90. The van der Waals surface area contributed by atoms with Crippen LogP contribution >= 0.6 is 0 Å². The van der Waals surface area contributed by atoms with Crippen molar-refractivity contribution in [3.63, 3.8) is 0 Å². The van der Waals surface area contributed by atoms with E-state index in [1.54, 1.807) is 24.3 Å². The highest BCUT2D eigenvalue weighted by Gasteiger charge is 2.10. The fraction of sp³-hybridized carbons (Fsp3) is 0.222. The first-order chi connectivity index (χ1) is 6.45. The van der Waals surface area contributed by atoms with Crippen LogP contribution in [0.4, 0.5) is 5.69 Å². The number of carbonyl (C=O) groups excluding carboxylic acids is 1. The molecule has 0 unspecified atom stereocenters. The maximum atomic E-state index is 11.1. The molecule has 0 N–H and O–H groups in total. The van der Waals surface area contributed by atoms with Gasteiger partial charge in [-0.25, -0.2) is 8.42 Å². The predicted molar refractivity (Wildman–Crippen MR) is 55.1 cm³/mol. The van der Waals surface area contributed by atoms with Gasteiger partial charge in [-0.15, -0.1) is 0 Å². The average molecular weight is 213 g/mol. The minimum atomic E-state index is -3.23. The summed E-state index contributed by atoms with van der Waals surface area (Å²) in [6.07, 6.45) is 1.84. The molecular formula is C9H11NO3S. The number of hydrogen-bond donors (Lipinski definition) is 0. The standard InChI is InChI=1S/C9H11NO3S/c1-10(14(2,12)13)9-5-3-8(7-11)4-6-9/h3-7H,1-2H3. The molecule has 0 fully saturated rings. The Labute approximate surface area is 83.2 Å². The third kappa shape index (κ3) is 2.32. The van der Waals surface area contributed by atoms with Crippen LogP contribution in [0, 0.1) is 0 Å². The zero-order chi connectivity index (χ0) is 10.8. The zero-order valence-corrected chi connectivity index (χ0v) is 8.78. The summed E-state index contributed by atoms with van der Waals surface area (Å²) in [5, 5.41) is 0. The summed E-state index contributed by atoms with van der Waals surface area (Å²) in [5.41, 5.74) is 1.06. The lowest BCUT2D eigenvalue weighted by Gasteiger charge is -2.16. The molecule has 0 aliphatic carbocycles. The molecule has 14 heavy (non-hydrogen) atoms. The first kappa shape index (κ1) is 10.7. The van der Waals surface area contributed by atoms with Gasteiger partial charge in [-0.3, -0.25) is 9.10 Å². The summed E-state index contributed by atoms with van der Waals surface area (Å²) in [5.74, 6) is 0. The van der Waals surface area contributed by atoms with Crippen molar-refractivity contribution in [3.8, 4) is 0 Å². The number of aldehydes is 1. The van der Waals surface area contributed by atoms with Crippen LogP contribution in [-0.2, 0) is 10.0 Å². The summed E-state index contributed by atoms with van der Waals surface area (Å²) in [4.78, 5) is 10.4. The van der Waals surface area contributed by atoms with Crippen LogP contribution in [0.5, 0.6) is 0 Å². The average Bonchev–Trinajstić information content (AvgIpc) is 2.15. The van der Waals surface area contributed by atoms with Gasteiger partial charge in [0.25, 0.3) is 0 Å². The van der Waals surface area contributed by atoms with E-state index in [1.807, 2.05) is 0 Å². The Bertz CT molecular complexity index is 422. The molecule has 1 aromatic carbocycles. The van der Waals surface area contributed by atoms with Crippen LogP contribution in [0.15, 0.2) is 24.3 Å². The molecule has 0 saturated carbocycles. The number of nitrogens with zero attached hydrogens (tertiary/aromatic N) is 1. The van der Waals surface area contributed by atoms with Gasteiger partial charge >= 0.3 is 0 Å². The molecule has 1 aromatic rings. The van der Waals surface area contributed by atoms with E-state index in [0.29, 0.717) is 17.5 Å². The van der Waals surface area contributed by atoms with Gasteiger partial charge in [-0.2, -0.15) is 0 Å². The molecule has 0 aromatic heterocycles. The first-order valence-corrected chi connectivity index (χ1v) is 5.79. The van der Waals surface area contributed by atoms with Crippen LogP contribution in [-0.4, -0.2) is 28.0 Å². The molecule has 0 spiro atoms. The van der Waals surface area contributed by atoms with Crippen molar-refractivity contribution in [2.24, 2.45) is 0 Å². The Morgan fingerprint density at radius 2 is 1.71 bits per heavy atom. The second-order valence-electron chi connectivity index (χ2n) is 2.94. The van der Waals surface area contributed by atoms with E-state index in [0.717, 1.165) is 10.6 Å².